The zero-order valence-corrected chi connectivity index (χ0v) is 10.1. The molecule has 2 N–H and O–H groups in total. The van der Waals surface area contributed by atoms with Crippen molar-refractivity contribution in [3.63, 3.8) is 0 Å². The molecular weight excluding hydrogens is 235 g/mol. The van der Waals surface area contributed by atoms with Crippen molar-refractivity contribution in [3.8, 4) is 0 Å². The van der Waals surface area contributed by atoms with Crippen LogP contribution in [0.1, 0.15) is 12.8 Å². The first-order valence-electron chi connectivity index (χ1n) is 6.12. The van der Waals surface area contributed by atoms with Crippen molar-refractivity contribution in [1.29, 1.82) is 0 Å². The number of para-hydroxylation sites is 1. The smallest absolute Gasteiger partial charge is 0.321 e. The van der Waals surface area contributed by atoms with Gasteiger partial charge in [-0.25, -0.2) is 9.18 Å². The zero-order valence-electron chi connectivity index (χ0n) is 10.1. The first kappa shape index (κ1) is 12.8. The van der Waals surface area contributed by atoms with Crippen molar-refractivity contribution >= 4 is 11.7 Å². The minimum atomic E-state index is -0.443. The third-order valence-corrected chi connectivity index (χ3v) is 3.18. The maximum absolute atomic E-state index is 13.4. The summed E-state index contributed by atoms with van der Waals surface area (Å²) in [5, 5.41) is 11.7. The molecule has 1 aliphatic rings. The maximum atomic E-state index is 13.4. The molecule has 18 heavy (non-hydrogen) atoms. The second-order valence-electron chi connectivity index (χ2n) is 4.55. The number of piperidine rings is 1. The lowest BCUT2D eigenvalue weighted by atomic mass is 9.99. The normalized spacial score (nSPS) is 19.7. The van der Waals surface area contributed by atoms with Crippen LogP contribution in [0, 0.1) is 11.7 Å². The number of carbonyl (C=O) groups excluding carboxylic acids is 1. The molecule has 1 heterocycles. The molecule has 2 rings (SSSR count). The van der Waals surface area contributed by atoms with E-state index < -0.39 is 5.82 Å². The molecule has 1 atom stereocenters. The number of likely N-dealkylation sites (tertiary alicyclic amines) is 1. The highest BCUT2D eigenvalue weighted by atomic mass is 19.1. The van der Waals surface area contributed by atoms with Crippen LogP contribution in [-0.2, 0) is 0 Å². The minimum absolute atomic E-state index is 0.0868. The first-order valence-corrected chi connectivity index (χ1v) is 6.12. The summed E-state index contributed by atoms with van der Waals surface area (Å²) < 4.78 is 13.4. The predicted molar refractivity (Wildman–Crippen MR) is 66.8 cm³/mol. The van der Waals surface area contributed by atoms with Gasteiger partial charge in [-0.15, -0.1) is 0 Å². The third-order valence-electron chi connectivity index (χ3n) is 3.18. The summed E-state index contributed by atoms with van der Waals surface area (Å²) in [7, 11) is 0. The Morgan fingerprint density at radius 3 is 3.00 bits per heavy atom. The minimum Gasteiger partial charge on any atom is -0.396 e. The lowest BCUT2D eigenvalue weighted by Gasteiger charge is -2.31. The lowest BCUT2D eigenvalue weighted by molar-refractivity contribution is 0.136. The topological polar surface area (TPSA) is 52.6 Å². The van der Waals surface area contributed by atoms with Crippen LogP contribution in [0.15, 0.2) is 24.3 Å². The van der Waals surface area contributed by atoms with E-state index in [1.165, 1.54) is 12.1 Å². The second kappa shape index (κ2) is 5.82. The molecule has 0 bridgehead atoms. The number of halogens is 1. The van der Waals surface area contributed by atoms with E-state index in [9.17, 15) is 9.18 Å². The Labute approximate surface area is 105 Å². The second-order valence-corrected chi connectivity index (χ2v) is 4.55. The molecule has 1 aromatic carbocycles. The first-order chi connectivity index (χ1) is 8.70. The number of nitrogens with zero attached hydrogens (tertiary/aromatic N) is 1. The Balaban J connectivity index is 1.97. The molecule has 1 fully saturated rings. The SMILES string of the molecule is O=C(Nc1ccccc1F)N1CCC[C@@H](CO)C1. The molecule has 5 heteroatoms. The maximum Gasteiger partial charge on any atom is 0.321 e. The Bertz CT molecular complexity index is 425. The molecule has 0 radical (unpaired) electrons. The van der Waals surface area contributed by atoms with E-state index in [1.807, 2.05) is 0 Å². The van der Waals surface area contributed by atoms with Gasteiger partial charge in [0.05, 0.1) is 5.69 Å². The Morgan fingerprint density at radius 2 is 2.28 bits per heavy atom. The Morgan fingerprint density at radius 1 is 1.50 bits per heavy atom. The molecule has 1 aromatic rings. The van der Waals surface area contributed by atoms with E-state index in [-0.39, 0.29) is 24.2 Å². The molecular formula is C13H17FN2O2. The van der Waals surface area contributed by atoms with Gasteiger partial charge in [-0.1, -0.05) is 12.1 Å². The average molecular weight is 252 g/mol. The third kappa shape index (κ3) is 2.98. The van der Waals surface area contributed by atoms with Crippen LogP contribution < -0.4 is 5.32 Å². The van der Waals surface area contributed by atoms with E-state index in [4.69, 9.17) is 5.11 Å². The van der Waals surface area contributed by atoms with Gasteiger partial charge in [0.25, 0.3) is 0 Å². The molecule has 0 saturated carbocycles. The van der Waals surface area contributed by atoms with E-state index >= 15 is 0 Å². The number of rotatable bonds is 2. The number of benzene rings is 1. The van der Waals surface area contributed by atoms with Gasteiger partial charge in [-0.2, -0.15) is 0 Å². The molecule has 4 nitrogen and oxygen atoms in total. The molecule has 1 aliphatic heterocycles. The lowest BCUT2D eigenvalue weighted by Crippen LogP contribution is -2.43. The molecule has 98 valence electrons. The van der Waals surface area contributed by atoms with Gasteiger partial charge < -0.3 is 15.3 Å². The quantitative estimate of drug-likeness (QED) is 0.846. The van der Waals surface area contributed by atoms with Crippen molar-refractivity contribution in [2.75, 3.05) is 25.0 Å². The Kier molecular flexibility index (Phi) is 4.15. The van der Waals surface area contributed by atoms with E-state index in [2.05, 4.69) is 5.32 Å². The van der Waals surface area contributed by atoms with Gasteiger partial charge in [0, 0.05) is 19.7 Å². The highest BCUT2D eigenvalue weighted by Gasteiger charge is 2.23. The number of hydrogen-bond donors (Lipinski definition) is 2. The highest BCUT2D eigenvalue weighted by Crippen LogP contribution is 2.18. The molecule has 2 amide bonds. The van der Waals surface area contributed by atoms with Gasteiger partial charge in [-0.3, -0.25) is 0 Å². The summed E-state index contributed by atoms with van der Waals surface area (Å²) in [6.07, 6.45) is 1.80. The van der Waals surface area contributed by atoms with Gasteiger partial charge in [0.15, 0.2) is 0 Å². The highest BCUT2D eigenvalue weighted by molar-refractivity contribution is 5.89. The van der Waals surface area contributed by atoms with Gasteiger partial charge in [0.2, 0.25) is 0 Å². The molecule has 1 saturated heterocycles. The number of carbonyl (C=O) groups is 1. The van der Waals surface area contributed by atoms with Crippen molar-refractivity contribution < 1.29 is 14.3 Å². The van der Waals surface area contributed by atoms with Gasteiger partial charge in [0.1, 0.15) is 5.82 Å². The van der Waals surface area contributed by atoms with E-state index in [1.54, 1.807) is 17.0 Å². The van der Waals surface area contributed by atoms with Crippen LogP contribution in [-0.4, -0.2) is 35.7 Å². The van der Waals surface area contributed by atoms with Gasteiger partial charge >= 0.3 is 6.03 Å². The fourth-order valence-electron chi connectivity index (χ4n) is 2.16. The summed E-state index contributed by atoms with van der Waals surface area (Å²) >= 11 is 0. The van der Waals surface area contributed by atoms with Crippen LogP contribution in [0.3, 0.4) is 0 Å². The number of amides is 2. The number of aliphatic hydroxyl groups is 1. The summed E-state index contributed by atoms with van der Waals surface area (Å²) in [5.74, 6) is -0.313. The molecule has 0 aliphatic carbocycles. The van der Waals surface area contributed by atoms with E-state index in [0.29, 0.717) is 13.1 Å². The standard InChI is InChI=1S/C13H17FN2O2/c14-11-5-1-2-6-12(11)15-13(18)16-7-3-4-10(8-16)9-17/h1-2,5-6,10,17H,3-4,7-9H2,(H,15,18)/t10-/m1/s1. The number of nitrogens with one attached hydrogen (secondary N) is 1. The molecule has 0 unspecified atom stereocenters. The monoisotopic (exact) mass is 252 g/mol. The fraction of sp³-hybridized carbons (Fsp3) is 0.462. The van der Waals surface area contributed by atoms with Crippen LogP contribution in [0.2, 0.25) is 0 Å². The zero-order chi connectivity index (χ0) is 13.0. The largest absolute Gasteiger partial charge is 0.396 e. The van der Waals surface area contributed by atoms with Crippen molar-refractivity contribution in [1.82, 2.24) is 4.90 Å². The average Bonchev–Trinajstić information content (AvgIpc) is 2.41. The van der Waals surface area contributed by atoms with Crippen molar-refractivity contribution in [2.45, 2.75) is 12.8 Å². The van der Waals surface area contributed by atoms with Crippen LogP contribution in [0.25, 0.3) is 0 Å². The van der Waals surface area contributed by atoms with Crippen molar-refractivity contribution in [2.24, 2.45) is 5.92 Å². The number of aliphatic hydroxyl groups excluding tert-OH is 1. The summed E-state index contributed by atoms with van der Waals surface area (Å²) in [6.45, 7) is 1.26. The Hall–Kier alpha value is -1.62. The predicted octanol–water partition coefficient (Wildman–Crippen LogP) is 2.06. The molecule has 0 aromatic heterocycles. The van der Waals surface area contributed by atoms with Gasteiger partial charge in [-0.05, 0) is 30.9 Å². The number of urea groups is 1. The van der Waals surface area contributed by atoms with Crippen LogP contribution in [0.4, 0.5) is 14.9 Å². The number of anilines is 1. The van der Waals surface area contributed by atoms with Crippen LogP contribution in [0.5, 0.6) is 0 Å². The van der Waals surface area contributed by atoms with E-state index in [0.717, 1.165) is 12.8 Å². The summed E-state index contributed by atoms with van der Waals surface area (Å²) in [5.41, 5.74) is 0.189. The van der Waals surface area contributed by atoms with Crippen LogP contribution >= 0.6 is 0 Å². The molecule has 0 spiro atoms. The summed E-state index contributed by atoms with van der Waals surface area (Å²) in [6, 6.07) is 5.78. The number of hydrogen-bond acceptors (Lipinski definition) is 2. The van der Waals surface area contributed by atoms with Crippen molar-refractivity contribution in [3.05, 3.63) is 30.1 Å². The summed E-state index contributed by atoms with van der Waals surface area (Å²) in [4.78, 5) is 13.6. The fourth-order valence-corrected chi connectivity index (χ4v) is 2.16.